The number of hydrogen-bond acceptors (Lipinski definition) is 4. The molecule has 3 aromatic carbocycles. The highest BCUT2D eigenvalue weighted by Crippen LogP contribution is 2.31. The second-order valence-electron chi connectivity index (χ2n) is 9.84. The maximum Gasteiger partial charge on any atom is 0.321 e. The summed E-state index contributed by atoms with van der Waals surface area (Å²) in [6.45, 7) is 4.52. The molecule has 0 spiro atoms. The van der Waals surface area contributed by atoms with Crippen molar-refractivity contribution in [2.75, 3.05) is 32.1 Å². The van der Waals surface area contributed by atoms with Gasteiger partial charge in [-0.1, -0.05) is 49.4 Å². The summed E-state index contributed by atoms with van der Waals surface area (Å²) in [5.41, 5.74) is 3.71. The number of fused-ring (bicyclic) bond motifs is 3. The molecule has 3 amide bonds. The first-order valence-corrected chi connectivity index (χ1v) is 12.8. The molecule has 200 valence electrons. The number of carbonyl (C=O) groups excluding carboxylic acids is 2. The van der Waals surface area contributed by atoms with E-state index >= 15 is 0 Å². The zero-order valence-electron chi connectivity index (χ0n) is 21.9. The van der Waals surface area contributed by atoms with E-state index in [1.807, 2.05) is 62.4 Å². The van der Waals surface area contributed by atoms with Gasteiger partial charge in [0, 0.05) is 37.3 Å². The third-order valence-corrected chi connectivity index (χ3v) is 6.99. The molecule has 3 atom stereocenters. The van der Waals surface area contributed by atoms with E-state index < -0.39 is 12.1 Å². The van der Waals surface area contributed by atoms with Crippen molar-refractivity contribution in [2.45, 2.75) is 32.6 Å². The molecule has 0 bridgehead atoms. The fraction of sp³-hybridized carbons (Fsp3) is 0.333. The van der Waals surface area contributed by atoms with Gasteiger partial charge in [-0.2, -0.15) is 0 Å². The molecule has 0 saturated carbocycles. The van der Waals surface area contributed by atoms with Gasteiger partial charge in [-0.05, 0) is 53.9 Å². The Kier molecular flexibility index (Phi) is 8.76. The number of hydrogen-bond donors (Lipinski definition) is 2. The minimum absolute atomic E-state index is 0.160. The normalized spacial score (nSPS) is 18.6. The van der Waals surface area contributed by atoms with Crippen LogP contribution in [0.25, 0.3) is 11.1 Å². The molecular formula is C30H34FN3O4. The van der Waals surface area contributed by atoms with Gasteiger partial charge in [0.2, 0.25) is 0 Å². The van der Waals surface area contributed by atoms with E-state index in [2.05, 4.69) is 5.32 Å². The summed E-state index contributed by atoms with van der Waals surface area (Å²) in [6, 6.07) is 20.1. The van der Waals surface area contributed by atoms with Crippen LogP contribution in [0.1, 0.15) is 29.8 Å². The Hall–Kier alpha value is -3.75. The van der Waals surface area contributed by atoms with Crippen molar-refractivity contribution in [3.63, 3.8) is 0 Å². The monoisotopic (exact) mass is 519 g/mol. The zero-order valence-corrected chi connectivity index (χ0v) is 21.9. The van der Waals surface area contributed by atoms with Crippen molar-refractivity contribution in [3.05, 3.63) is 89.7 Å². The second kappa shape index (κ2) is 12.2. The van der Waals surface area contributed by atoms with Crippen LogP contribution in [0.3, 0.4) is 0 Å². The van der Waals surface area contributed by atoms with Gasteiger partial charge >= 0.3 is 6.03 Å². The number of ether oxygens (including phenoxy) is 1. The molecule has 0 unspecified atom stereocenters. The maximum atomic E-state index is 13.9. The topological polar surface area (TPSA) is 82.1 Å². The predicted molar refractivity (Wildman–Crippen MR) is 145 cm³/mol. The summed E-state index contributed by atoms with van der Waals surface area (Å²) < 4.78 is 19.7. The van der Waals surface area contributed by atoms with Crippen molar-refractivity contribution in [1.82, 2.24) is 9.80 Å². The van der Waals surface area contributed by atoms with Crippen LogP contribution >= 0.6 is 0 Å². The van der Waals surface area contributed by atoms with Crippen molar-refractivity contribution in [2.24, 2.45) is 5.92 Å². The van der Waals surface area contributed by atoms with Crippen LogP contribution in [0.4, 0.5) is 14.9 Å². The lowest BCUT2D eigenvalue weighted by atomic mass is 9.94. The van der Waals surface area contributed by atoms with E-state index in [1.165, 1.54) is 29.2 Å². The first kappa shape index (κ1) is 27.3. The number of urea groups is 1. The molecule has 0 fully saturated rings. The molecule has 0 aromatic heterocycles. The van der Waals surface area contributed by atoms with E-state index in [0.29, 0.717) is 24.4 Å². The van der Waals surface area contributed by atoms with Gasteiger partial charge in [0.05, 0.1) is 25.4 Å². The Labute approximate surface area is 222 Å². The van der Waals surface area contributed by atoms with Crippen LogP contribution in [0.15, 0.2) is 72.8 Å². The van der Waals surface area contributed by atoms with E-state index in [0.717, 1.165) is 16.7 Å². The van der Waals surface area contributed by atoms with Gasteiger partial charge in [0.15, 0.2) is 0 Å². The number of rotatable bonds is 5. The third kappa shape index (κ3) is 6.20. The number of nitrogens with zero attached hydrogens (tertiary/aromatic N) is 2. The fourth-order valence-electron chi connectivity index (χ4n) is 4.66. The van der Waals surface area contributed by atoms with E-state index in [9.17, 15) is 19.1 Å². The minimum atomic E-state index is -0.408. The number of nitrogens with one attached hydrogen (secondary N) is 1. The smallest absolute Gasteiger partial charge is 0.321 e. The lowest BCUT2D eigenvalue weighted by Crippen LogP contribution is -2.48. The molecule has 1 heterocycles. The van der Waals surface area contributed by atoms with Crippen LogP contribution in [0, 0.1) is 11.7 Å². The summed E-state index contributed by atoms with van der Waals surface area (Å²) in [5, 5.41) is 12.7. The highest BCUT2D eigenvalue weighted by Gasteiger charge is 2.31. The minimum Gasteiger partial charge on any atom is -0.394 e. The van der Waals surface area contributed by atoms with Crippen LogP contribution in [-0.4, -0.2) is 65.7 Å². The molecule has 3 aromatic rings. The molecule has 0 saturated heterocycles. The number of carbonyl (C=O) groups is 2. The fourth-order valence-corrected chi connectivity index (χ4v) is 4.66. The number of anilines is 1. The Balaban J connectivity index is 1.64. The molecule has 38 heavy (non-hydrogen) atoms. The first-order chi connectivity index (χ1) is 18.3. The molecule has 8 heteroatoms. The van der Waals surface area contributed by atoms with Gasteiger partial charge in [-0.15, -0.1) is 0 Å². The Morgan fingerprint density at radius 3 is 2.39 bits per heavy atom. The van der Waals surface area contributed by atoms with Gasteiger partial charge in [0.1, 0.15) is 5.82 Å². The Morgan fingerprint density at radius 2 is 1.71 bits per heavy atom. The van der Waals surface area contributed by atoms with E-state index in [-0.39, 0.29) is 36.8 Å². The number of aliphatic hydroxyl groups excluding tert-OH is 1. The molecule has 4 rings (SSSR count). The number of likely N-dealkylation sites (N-methyl/N-ethyl adjacent to an activating group) is 1. The van der Waals surface area contributed by atoms with E-state index in [4.69, 9.17) is 4.74 Å². The molecular weight excluding hydrogens is 485 g/mol. The van der Waals surface area contributed by atoms with E-state index in [1.54, 1.807) is 11.9 Å². The third-order valence-electron chi connectivity index (χ3n) is 6.99. The number of halogens is 1. The standard InChI is InChI=1S/C30H34FN3O4/c1-20-16-34(21(2)18-35)29(36)27-11-7-6-10-26(27)25-9-5-4-8-22(25)19-38-28(20)17-33(3)30(37)32-24-14-12-23(31)13-15-24/h4-15,20-21,28,35H,16-19H2,1-3H3,(H,32,37)/t20-,21-,28+/m0/s1. The Morgan fingerprint density at radius 1 is 1.08 bits per heavy atom. The number of aliphatic hydroxyl groups is 1. The summed E-state index contributed by atoms with van der Waals surface area (Å²) in [7, 11) is 1.67. The number of benzene rings is 3. The summed E-state index contributed by atoms with van der Waals surface area (Å²) >= 11 is 0. The second-order valence-corrected chi connectivity index (χ2v) is 9.84. The van der Waals surface area contributed by atoms with Crippen molar-refractivity contribution >= 4 is 17.6 Å². The largest absolute Gasteiger partial charge is 0.394 e. The molecule has 0 aliphatic carbocycles. The highest BCUT2D eigenvalue weighted by atomic mass is 19.1. The van der Waals surface area contributed by atoms with Crippen molar-refractivity contribution in [1.29, 1.82) is 0 Å². The van der Waals surface area contributed by atoms with Gasteiger partial charge in [-0.25, -0.2) is 9.18 Å². The molecule has 1 aliphatic rings. The summed E-state index contributed by atoms with van der Waals surface area (Å²) in [5.74, 6) is -0.701. The Bertz CT molecular complexity index is 1270. The number of amides is 3. The zero-order chi connectivity index (χ0) is 27.2. The first-order valence-electron chi connectivity index (χ1n) is 12.8. The van der Waals surface area contributed by atoms with Gasteiger partial charge in [0.25, 0.3) is 5.91 Å². The van der Waals surface area contributed by atoms with Gasteiger partial charge < -0.3 is 25.0 Å². The summed E-state index contributed by atoms with van der Waals surface area (Å²) in [4.78, 5) is 30.0. The average molecular weight is 520 g/mol. The van der Waals surface area contributed by atoms with Crippen LogP contribution < -0.4 is 5.32 Å². The lowest BCUT2D eigenvalue weighted by Gasteiger charge is -2.35. The molecule has 2 N–H and O–H groups in total. The quantitative estimate of drug-likeness (QED) is 0.496. The summed E-state index contributed by atoms with van der Waals surface area (Å²) in [6.07, 6.45) is -0.408. The van der Waals surface area contributed by atoms with Crippen LogP contribution in [0.2, 0.25) is 0 Å². The van der Waals surface area contributed by atoms with Gasteiger partial charge in [-0.3, -0.25) is 4.79 Å². The average Bonchev–Trinajstić information content (AvgIpc) is 2.95. The molecule has 7 nitrogen and oxygen atoms in total. The SMILES string of the molecule is C[C@H]1CN([C@@H](C)CO)C(=O)c2ccccc2-c2ccccc2CO[C@@H]1CN(C)C(=O)Nc1ccc(F)cc1. The lowest BCUT2D eigenvalue weighted by molar-refractivity contribution is -0.0178. The van der Waals surface area contributed by atoms with Crippen molar-refractivity contribution < 1.29 is 23.8 Å². The highest BCUT2D eigenvalue weighted by molar-refractivity contribution is 6.01. The van der Waals surface area contributed by atoms with Crippen LogP contribution in [-0.2, 0) is 11.3 Å². The molecule has 1 aliphatic heterocycles. The van der Waals surface area contributed by atoms with Crippen molar-refractivity contribution in [3.8, 4) is 11.1 Å². The molecule has 0 radical (unpaired) electrons. The maximum absolute atomic E-state index is 13.9. The van der Waals surface area contributed by atoms with Crippen LogP contribution in [0.5, 0.6) is 0 Å². The predicted octanol–water partition coefficient (Wildman–Crippen LogP) is 5.01.